The minimum absolute atomic E-state index is 0.0434. The maximum Gasteiger partial charge on any atom is 0.291 e. The third-order valence-electron chi connectivity index (χ3n) is 3.38. The first kappa shape index (κ1) is 16.3. The minimum atomic E-state index is -0.0503. The van der Waals surface area contributed by atoms with Gasteiger partial charge in [0.15, 0.2) is 5.43 Å². The van der Waals surface area contributed by atoms with Crippen molar-refractivity contribution in [3.8, 4) is 5.95 Å². The average Bonchev–Trinajstić information content (AvgIpc) is 2.41. The second-order valence-electron chi connectivity index (χ2n) is 5.24. The van der Waals surface area contributed by atoms with E-state index in [1.54, 1.807) is 13.0 Å². The smallest absolute Gasteiger partial charge is 0.291 e. The summed E-state index contributed by atoms with van der Waals surface area (Å²) in [5.41, 5.74) is 3.05. The van der Waals surface area contributed by atoms with Crippen LogP contribution in [0.2, 0.25) is 0 Å². The number of methoxy groups -OCH3 is 1. The van der Waals surface area contributed by atoms with Crippen molar-refractivity contribution in [2.75, 3.05) is 7.11 Å². The van der Waals surface area contributed by atoms with Crippen LogP contribution in [-0.2, 0) is 0 Å². The van der Waals surface area contributed by atoms with Crippen molar-refractivity contribution in [3.63, 3.8) is 0 Å². The highest BCUT2D eigenvalue weighted by atomic mass is 16.6. The van der Waals surface area contributed by atoms with Crippen molar-refractivity contribution >= 4 is 0 Å². The molecule has 0 bridgehead atoms. The van der Waals surface area contributed by atoms with Crippen LogP contribution in [0, 0.1) is 6.92 Å². The molecular weight excluding hydrogens is 252 g/mol. The predicted molar refractivity (Wildman–Crippen MR) is 82.5 cm³/mol. The van der Waals surface area contributed by atoms with Crippen LogP contribution in [0.25, 0.3) is 0 Å². The molecule has 1 aromatic rings. The largest absolute Gasteiger partial charge is 0.468 e. The van der Waals surface area contributed by atoms with E-state index in [-0.39, 0.29) is 11.3 Å². The number of rotatable bonds is 5. The van der Waals surface area contributed by atoms with Gasteiger partial charge < -0.3 is 9.15 Å². The van der Waals surface area contributed by atoms with Gasteiger partial charge in [0, 0.05) is 12.0 Å². The van der Waals surface area contributed by atoms with Gasteiger partial charge in [0.2, 0.25) is 0 Å². The van der Waals surface area contributed by atoms with E-state index in [1.165, 1.54) is 18.3 Å². The summed E-state index contributed by atoms with van der Waals surface area (Å²) in [5.74, 6) is 0.979. The van der Waals surface area contributed by atoms with Crippen LogP contribution in [0.3, 0.4) is 0 Å². The summed E-state index contributed by atoms with van der Waals surface area (Å²) in [4.78, 5) is 11.9. The fourth-order valence-electron chi connectivity index (χ4n) is 2.08. The number of hydrogen-bond donors (Lipinski definition) is 0. The van der Waals surface area contributed by atoms with E-state index in [4.69, 9.17) is 9.15 Å². The molecule has 0 aliphatic heterocycles. The van der Waals surface area contributed by atoms with Crippen molar-refractivity contribution in [1.29, 1.82) is 0 Å². The Labute approximate surface area is 121 Å². The lowest BCUT2D eigenvalue weighted by Gasteiger charge is -2.11. The molecule has 110 valence electrons. The summed E-state index contributed by atoms with van der Waals surface area (Å²) in [6, 6.07) is 1.55. The van der Waals surface area contributed by atoms with Crippen molar-refractivity contribution < 1.29 is 9.15 Å². The molecule has 0 fully saturated rings. The second kappa shape index (κ2) is 7.13. The molecule has 0 saturated heterocycles. The fourth-order valence-corrected chi connectivity index (χ4v) is 2.08. The molecule has 1 rings (SSSR count). The lowest BCUT2D eigenvalue weighted by molar-refractivity contribution is 0.278. The van der Waals surface area contributed by atoms with Crippen LogP contribution in [0.4, 0.5) is 0 Å². The first-order valence-electron chi connectivity index (χ1n) is 6.86. The zero-order chi connectivity index (χ0) is 15.3. The van der Waals surface area contributed by atoms with E-state index in [0.717, 1.165) is 6.42 Å². The highest BCUT2D eigenvalue weighted by Crippen LogP contribution is 2.24. The maximum absolute atomic E-state index is 11.9. The molecule has 0 unspecified atom stereocenters. The molecule has 0 aliphatic rings. The highest BCUT2D eigenvalue weighted by molar-refractivity contribution is 5.26. The number of hydrogen-bond acceptors (Lipinski definition) is 3. The van der Waals surface area contributed by atoms with Crippen LogP contribution in [0.15, 0.2) is 38.6 Å². The van der Waals surface area contributed by atoms with E-state index >= 15 is 0 Å². The van der Waals surface area contributed by atoms with Crippen LogP contribution >= 0.6 is 0 Å². The topological polar surface area (TPSA) is 39.4 Å². The van der Waals surface area contributed by atoms with Gasteiger partial charge in [-0.1, -0.05) is 30.2 Å². The summed E-state index contributed by atoms with van der Waals surface area (Å²) < 4.78 is 10.8. The molecule has 0 radical (unpaired) electrons. The molecule has 1 aromatic heterocycles. The molecule has 0 N–H and O–H groups in total. The normalized spacial score (nSPS) is 14.3. The lowest BCUT2D eigenvalue weighted by Crippen LogP contribution is -2.08. The Balaban J connectivity index is 3.04. The van der Waals surface area contributed by atoms with E-state index in [1.807, 2.05) is 13.8 Å². The van der Waals surface area contributed by atoms with Crippen molar-refractivity contribution in [3.05, 3.63) is 50.9 Å². The standard InChI is InChI=1S/C17H24O3/c1-7-11(2)8-12(3)9-13(4)16-10-15(18)14(5)17(19-6)20-16/h7,9-10,13H,8H2,1-6H3/b11-7+,12-9+/t13-/m1/s1. The molecule has 0 amide bonds. The summed E-state index contributed by atoms with van der Waals surface area (Å²) >= 11 is 0. The summed E-state index contributed by atoms with van der Waals surface area (Å²) in [5, 5.41) is 0. The molecule has 1 heterocycles. The van der Waals surface area contributed by atoms with Gasteiger partial charge >= 0.3 is 0 Å². The van der Waals surface area contributed by atoms with Gasteiger partial charge in [-0.2, -0.15) is 0 Å². The molecular formula is C17H24O3. The Bertz CT molecular complexity index is 576. The molecule has 3 heteroatoms. The van der Waals surface area contributed by atoms with Crippen LogP contribution in [0.5, 0.6) is 5.95 Å². The van der Waals surface area contributed by atoms with Gasteiger partial charge in [0.25, 0.3) is 5.95 Å². The van der Waals surface area contributed by atoms with Gasteiger partial charge in [0.05, 0.1) is 12.7 Å². The predicted octanol–water partition coefficient (Wildman–Crippen LogP) is 4.36. The summed E-state index contributed by atoms with van der Waals surface area (Å²) in [7, 11) is 1.51. The summed E-state index contributed by atoms with van der Waals surface area (Å²) in [6.45, 7) is 9.96. The second-order valence-corrected chi connectivity index (χ2v) is 5.24. The fraction of sp³-hybridized carbons (Fsp3) is 0.471. The Morgan fingerprint density at radius 3 is 2.60 bits per heavy atom. The average molecular weight is 276 g/mol. The van der Waals surface area contributed by atoms with Gasteiger partial charge in [-0.05, 0) is 34.1 Å². The van der Waals surface area contributed by atoms with E-state index in [9.17, 15) is 4.79 Å². The molecule has 1 atom stereocenters. The molecule has 0 saturated carbocycles. The monoisotopic (exact) mass is 276 g/mol. The Morgan fingerprint density at radius 2 is 2.05 bits per heavy atom. The van der Waals surface area contributed by atoms with Crippen molar-refractivity contribution in [2.24, 2.45) is 0 Å². The molecule has 0 aromatic carbocycles. The Morgan fingerprint density at radius 1 is 1.40 bits per heavy atom. The van der Waals surface area contributed by atoms with Crippen LogP contribution < -0.4 is 10.2 Å². The van der Waals surface area contributed by atoms with Crippen LogP contribution in [-0.4, -0.2) is 7.11 Å². The Kier molecular flexibility index (Phi) is 5.81. The lowest BCUT2D eigenvalue weighted by atomic mass is 10.0. The zero-order valence-electron chi connectivity index (χ0n) is 13.2. The number of ether oxygens (including phenoxy) is 1. The van der Waals surface area contributed by atoms with Gasteiger partial charge in [-0.15, -0.1) is 0 Å². The molecule has 0 aliphatic carbocycles. The quantitative estimate of drug-likeness (QED) is 0.750. The van der Waals surface area contributed by atoms with Crippen molar-refractivity contribution in [2.45, 2.75) is 47.0 Å². The molecule has 20 heavy (non-hydrogen) atoms. The minimum Gasteiger partial charge on any atom is -0.468 e. The van der Waals surface area contributed by atoms with Gasteiger partial charge in [-0.25, -0.2) is 0 Å². The number of allylic oxidation sites excluding steroid dienone is 4. The first-order chi connectivity index (χ1) is 9.38. The Hall–Kier alpha value is -1.77. The SMILES string of the molecule is C/C=C(\C)C/C(C)=C/[C@@H](C)c1cc(=O)c(C)c(OC)o1. The highest BCUT2D eigenvalue weighted by Gasteiger charge is 2.13. The van der Waals surface area contributed by atoms with Gasteiger partial charge in [0.1, 0.15) is 5.76 Å². The van der Waals surface area contributed by atoms with E-state index in [2.05, 4.69) is 26.0 Å². The summed E-state index contributed by atoms with van der Waals surface area (Å²) in [6.07, 6.45) is 5.17. The van der Waals surface area contributed by atoms with E-state index < -0.39 is 0 Å². The van der Waals surface area contributed by atoms with E-state index in [0.29, 0.717) is 17.3 Å². The molecule has 0 spiro atoms. The van der Waals surface area contributed by atoms with Gasteiger partial charge in [-0.3, -0.25) is 4.79 Å². The maximum atomic E-state index is 11.9. The van der Waals surface area contributed by atoms with Crippen molar-refractivity contribution in [1.82, 2.24) is 0 Å². The van der Waals surface area contributed by atoms with Crippen LogP contribution in [0.1, 0.15) is 51.4 Å². The third kappa shape index (κ3) is 4.12. The molecule has 3 nitrogen and oxygen atoms in total. The zero-order valence-corrected chi connectivity index (χ0v) is 13.2. The third-order valence-corrected chi connectivity index (χ3v) is 3.38. The first-order valence-corrected chi connectivity index (χ1v) is 6.86.